The Labute approximate surface area is 192 Å². The minimum Gasteiger partial charge on any atom is -0.484 e. The summed E-state index contributed by atoms with van der Waals surface area (Å²) in [6.07, 6.45) is 4.76. The highest BCUT2D eigenvalue weighted by atomic mass is 19.1. The molecule has 0 atom stereocenters. The van der Waals surface area contributed by atoms with Gasteiger partial charge in [-0.2, -0.15) is 5.10 Å². The lowest BCUT2D eigenvalue weighted by atomic mass is 10.1. The predicted octanol–water partition coefficient (Wildman–Crippen LogP) is 4.92. The molecule has 0 aliphatic rings. The van der Waals surface area contributed by atoms with Crippen molar-refractivity contribution in [3.8, 4) is 11.5 Å². The third-order valence-corrected chi connectivity index (χ3v) is 4.70. The van der Waals surface area contributed by atoms with E-state index in [0.717, 1.165) is 19.3 Å². The summed E-state index contributed by atoms with van der Waals surface area (Å²) in [7, 11) is 0. The van der Waals surface area contributed by atoms with Crippen molar-refractivity contribution >= 4 is 18.1 Å². The van der Waals surface area contributed by atoms with E-state index >= 15 is 0 Å². The van der Waals surface area contributed by atoms with Crippen LogP contribution in [-0.4, -0.2) is 24.7 Å². The zero-order valence-electron chi connectivity index (χ0n) is 18.3. The molecule has 6 nitrogen and oxygen atoms in total. The van der Waals surface area contributed by atoms with E-state index in [-0.39, 0.29) is 17.9 Å². The maximum Gasteiger partial charge on any atom is 0.346 e. The summed E-state index contributed by atoms with van der Waals surface area (Å²) in [6, 6.07) is 19.7. The lowest BCUT2D eigenvalue weighted by molar-refractivity contribution is -0.123. The number of benzene rings is 3. The van der Waals surface area contributed by atoms with E-state index in [0.29, 0.717) is 11.3 Å². The van der Waals surface area contributed by atoms with Gasteiger partial charge in [0, 0.05) is 0 Å². The number of hydrogen-bond acceptors (Lipinski definition) is 5. The number of hydrazone groups is 1. The molecule has 0 spiro atoms. The topological polar surface area (TPSA) is 77.0 Å². The molecule has 0 aliphatic carbocycles. The van der Waals surface area contributed by atoms with Gasteiger partial charge in [-0.3, -0.25) is 4.79 Å². The molecular formula is C26H25FN2O4. The Morgan fingerprint density at radius 1 is 0.970 bits per heavy atom. The number of hydrogen-bond donors (Lipinski definition) is 1. The Bertz CT molecular complexity index is 1100. The lowest BCUT2D eigenvalue weighted by Crippen LogP contribution is -2.24. The summed E-state index contributed by atoms with van der Waals surface area (Å²) in [6.45, 7) is 2.00. The van der Waals surface area contributed by atoms with Crippen LogP contribution in [-0.2, 0) is 11.2 Å². The molecule has 0 bridgehead atoms. The average molecular weight is 448 g/mol. The van der Waals surface area contributed by atoms with Gasteiger partial charge in [0.1, 0.15) is 17.3 Å². The van der Waals surface area contributed by atoms with Gasteiger partial charge < -0.3 is 9.47 Å². The van der Waals surface area contributed by atoms with Crippen LogP contribution in [0.25, 0.3) is 0 Å². The fourth-order valence-electron chi connectivity index (χ4n) is 2.90. The zero-order valence-corrected chi connectivity index (χ0v) is 18.3. The number of esters is 1. The highest BCUT2D eigenvalue weighted by Crippen LogP contribution is 2.16. The van der Waals surface area contributed by atoms with Gasteiger partial charge in [-0.05, 0) is 72.5 Å². The molecule has 33 heavy (non-hydrogen) atoms. The van der Waals surface area contributed by atoms with Crippen LogP contribution < -0.4 is 14.9 Å². The van der Waals surface area contributed by atoms with Crippen LogP contribution in [0.1, 0.15) is 41.3 Å². The second-order valence-electron chi connectivity index (χ2n) is 7.27. The monoisotopic (exact) mass is 448 g/mol. The fraction of sp³-hybridized carbons (Fsp3) is 0.192. The predicted molar refractivity (Wildman–Crippen MR) is 124 cm³/mol. The van der Waals surface area contributed by atoms with Crippen molar-refractivity contribution in [3.05, 3.63) is 95.3 Å². The molecule has 0 fully saturated rings. The number of rotatable bonds is 10. The quantitative estimate of drug-likeness (QED) is 0.207. The first-order valence-corrected chi connectivity index (χ1v) is 10.7. The van der Waals surface area contributed by atoms with Gasteiger partial charge in [-0.15, -0.1) is 0 Å². The Kier molecular flexibility index (Phi) is 8.71. The number of aryl methyl sites for hydroxylation is 1. The molecule has 3 aromatic rings. The number of nitrogens with one attached hydrogen (secondary N) is 1. The number of halogens is 1. The first kappa shape index (κ1) is 23.7. The van der Waals surface area contributed by atoms with Crippen molar-refractivity contribution in [2.24, 2.45) is 5.10 Å². The molecular weight excluding hydrogens is 423 g/mol. The molecule has 3 aromatic carbocycles. The van der Waals surface area contributed by atoms with Gasteiger partial charge in [0.05, 0.1) is 11.8 Å². The Hall–Kier alpha value is -4.00. The number of ether oxygens (including phenoxy) is 2. The smallest absolute Gasteiger partial charge is 0.346 e. The van der Waals surface area contributed by atoms with Gasteiger partial charge in [0.2, 0.25) is 0 Å². The molecule has 0 saturated heterocycles. The van der Waals surface area contributed by atoms with Gasteiger partial charge in [-0.1, -0.05) is 37.6 Å². The zero-order chi connectivity index (χ0) is 23.5. The van der Waals surface area contributed by atoms with E-state index in [4.69, 9.17) is 9.47 Å². The van der Waals surface area contributed by atoms with Crippen LogP contribution >= 0.6 is 0 Å². The Balaban J connectivity index is 1.43. The van der Waals surface area contributed by atoms with E-state index < -0.39 is 17.7 Å². The highest BCUT2D eigenvalue weighted by molar-refractivity contribution is 5.91. The largest absolute Gasteiger partial charge is 0.484 e. The van der Waals surface area contributed by atoms with Crippen LogP contribution in [0.15, 0.2) is 77.9 Å². The molecule has 0 saturated carbocycles. The van der Waals surface area contributed by atoms with E-state index in [2.05, 4.69) is 17.5 Å². The molecule has 0 aromatic heterocycles. The van der Waals surface area contributed by atoms with Gasteiger partial charge in [0.25, 0.3) is 5.91 Å². The molecule has 170 valence electrons. The molecule has 1 N–H and O–H groups in total. The van der Waals surface area contributed by atoms with Crippen molar-refractivity contribution in [1.82, 2.24) is 5.43 Å². The molecule has 0 radical (unpaired) electrons. The number of amides is 1. The van der Waals surface area contributed by atoms with E-state index in [1.165, 1.54) is 30.0 Å². The minimum atomic E-state index is -0.780. The number of nitrogens with zero attached hydrogens (tertiary/aromatic N) is 1. The second-order valence-corrected chi connectivity index (χ2v) is 7.27. The van der Waals surface area contributed by atoms with Crippen molar-refractivity contribution in [1.29, 1.82) is 0 Å². The number of unbranched alkanes of at least 4 members (excludes halogenated alkanes) is 1. The molecule has 0 aliphatic heterocycles. The third kappa shape index (κ3) is 7.57. The minimum absolute atomic E-state index is 0.138. The number of carbonyl (C=O) groups is 2. The molecule has 7 heteroatoms. The SMILES string of the molecule is CCCCc1ccc(OCC(=O)N/N=C/c2ccc(OC(=O)c3ccccc3F)cc2)cc1. The van der Waals surface area contributed by atoms with Crippen LogP contribution in [0.3, 0.4) is 0 Å². The van der Waals surface area contributed by atoms with Crippen LogP contribution in [0.2, 0.25) is 0 Å². The summed E-state index contributed by atoms with van der Waals surface area (Å²) < 4.78 is 24.3. The third-order valence-electron chi connectivity index (χ3n) is 4.70. The van der Waals surface area contributed by atoms with Crippen LogP contribution in [0, 0.1) is 5.82 Å². The molecule has 1 amide bonds. The summed E-state index contributed by atoms with van der Waals surface area (Å²) in [5, 5.41) is 3.89. The number of carbonyl (C=O) groups excluding carboxylic acids is 2. The summed E-state index contributed by atoms with van der Waals surface area (Å²) in [5.74, 6) is -0.933. The Morgan fingerprint density at radius 3 is 2.36 bits per heavy atom. The average Bonchev–Trinajstić information content (AvgIpc) is 2.83. The van der Waals surface area contributed by atoms with E-state index in [1.54, 1.807) is 30.3 Å². The molecule has 0 unspecified atom stereocenters. The van der Waals surface area contributed by atoms with Crippen molar-refractivity contribution in [2.45, 2.75) is 26.2 Å². The maximum absolute atomic E-state index is 13.7. The first-order valence-electron chi connectivity index (χ1n) is 10.7. The van der Waals surface area contributed by atoms with Crippen LogP contribution in [0.5, 0.6) is 11.5 Å². The highest BCUT2D eigenvalue weighted by Gasteiger charge is 2.13. The molecule has 0 heterocycles. The molecule has 3 rings (SSSR count). The summed E-state index contributed by atoms with van der Waals surface area (Å²) in [4.78, 5) is 24.0. The summed E-state index contributed by atoms with van der Waals surface area (Å²) in [5.41, 5.74) is 4.17. The van der Waals surface area contributed by atoms with Gasteiger partial charge >= 0.3 is 5.97 Å². The van der Waals surface area contributed by atoms with Crippen molar-refractivity contribution < 1.29 is 23.5 Å². The lowest BCUT2D eigenvalue weighted by Gasteiger charge is -2.06. The first-order chi connectivity index (χ1) is 16.0. The van der Waals surface area contributed by atoms with Crippen molar-refractivity contribution in [3.63, 3.8) is 0 Å². The second kappa shape index (κ2) is 12.1. The summed E-state index contributed by atoms with van der Waals surface area (Å²) >= 11 is 0. The van der Waals surface area contributed by atoms with Gasteiger partial charge in [0.15, 0.2) is 6.61 Å². The Morgan fingerprint density at radius 2 is 1.67 bits per heavy atom. The fourth-order valence-corrected chi connectivity index (χ4v) is 2.90. The standard InChI is InChI=1S/C26H25FN2O4/c1-2-3-6-19-9-13-21(14-10-19)32-18-25(30)29-28-17-20-11-15-22(16-12-20)33-26(31)23-7-4-5-8-24(23)27/h4-5,7-17H,2-3,6,18H2,1H3,(H,29,30)/b28-17+. The van der Waals surface area contributed by atoms with Crippen LogP contribution in [0.4, 0.5) is 4.39 Å². The van der Waals surface area contributed by atoms with Gasteiger partial charge in [-0.25, -0.2) is 14.6 Å². The van der Waals surface area contributed by atoms with E-state index in [1.807, 2.05) is 24.3 Å². The normalized spacial score (nSPS) is 10.7. The van der Waals surface area contributed by atoms with Crippen molar-refractivity contribution in [2.75, 3.05) is 6.61 Å². The van der Waals surface area contributed by atoms with E-state index in [9.17, 15) is 14.0 Å². The maximum atomic E-state index is 13.7.